The van der Waals surface area contributed by atoms with Gasteiger partial charge in [-0.15, -0.1) is 0 Å². The number of hydrogen-bond donors (Lipinski definition) is 1. The number of nitriles is 1. The SMILES string of the molecule is N#Cc1cc(CN)c([N+](=O)[O-])c(S(=O)(=O)Cl)c1. The predicted molar refractivity (Wildman–Crippen MR) is 58.7 cm³/mol. The van der Waals surface area contributed by atoms with E-state index in [9.17, 15) is 18.5 Å². The van der Waals surface area contributed by atoms with E-state index in [1.807, 2.05) is 0 Å². The second-order valence-corrected chi connectivity index (χ2v) is 5.53. The summed E-state index contributed by atoms with van der Waals surface area (Å²) in [5.41, 5.74) is 4.46. The highest BCUT2D eigenvalue weighted by Gasteiger charge is 2.28. The Bertz CT molecular complexity index is 620. The van der Waals surface area contributed by atoms with E-state index in [2.05, 4.69) is 0 Å². The van der Waals surface area contributed by atoms with Crippen LogP contribution in [0.2, 0.25) is 0 Å². The second kappa shape index (κ2) is 4.67. The molecule has 1 aromatic carbocycles. The lowest BCUT2D eigenvalue weighted by atomic mass is 10.1. The van der Waals surface area contributed by atoms with Gasteiger partial charge in [-0.2, -0.15) is 5.26 Å². The van der Waals surface area contributed by atoms with Crippen molar-refractivity contribution in [2.24, 2.45) is 5.73 Å². The van der Waals surface area contributed by atoms with Crippen molar-refractivity contribution in [2.75, 3.05) is 0 Å². The van der Waals surface area contributed by atoms with Crippen LogP contribution >= 0.6 is 10.7 Å². The molecule has 0 heterocycles. The molecule has 0 aromatic heterocycles. The molecule has 0 fully saturated rings. The molecule has 1 rings (SSSR count). The molecule has 0 aliphatic heterocycles. The van der Waals surface area contributed by atoms with E-state index < -0.39 is 24.6 Å². The summed E-state index contributed by atoms with van der Waals surface area (Å²) in [6.07, 6.45) is 0. The first-order valence-corrected chi connectivity index (χ1v) is 6.48. The third-order valence-corrected chi connectivity index (χ3v) is 3.28. The van der Waals surface area contributed by atoms with Crippen LogP contribution in [0.3, 0.4) is 0 Å². The van der Waals surface area contributed by atoms with Gasteiger partial charge in [-0.3, -0.25) is 10.1 Å². The normalized spacial score (nSPS) is 10.9. The Morgan fingerprint density at radius 3 is 2.47 bits per heavy atom. The lowest BCUT2D eigenvalue weighted by molar-refractivity contribution is -0.388. The van der Waals surface area contributed by atoms with Gasteiger partial charge in [-0.1, -0.05) is 0 Å². The van der Waals surface area contributed by atoms with E-state index in [1.54, 1.807) is 6.07 Å². The van der Waals surface area contributed by atoms with Crippen molar-refractivity contribution in [3.05, 3.63) is 33.4 Å². The van der Waals surface area contributed by atoms with Crippen molar-refractivity contribution >= 4 is 25.4 Å². The first-order valence-electron chi connectivity index (χ1n) is 4.17. The minimum atomic E-state index is -4.32. The zero-order valence-corrected chi connectivity index (χ0v) is 9.83. The molecule has 0 saturated carbocycles. The number of nitrogens with zero attached hydrogens (tertiary/aromatic N) is 2. The number of nitro benzene ring substituents is 1. The van der Waals surface area contributed by atoms with Crippen LogP contribution in [0.1, 0.15) is 11.1 Å². The number of nitrogens with two attached hydrogens (primary N) is 1. The van der Waals surface area contributed by atoms with Gasteiger partial charge in [-0.05, 0) is 12.1 Å². The molecule has 0 aliphatic rings. The zero-order valence-electron chi connectivity index (χ0n) is 8.25. The third kappa shape index (κ3) is 2.71. The monoisotopic (exact) mass is 275 g/mol. The Morgan fingerprint density at radius 1 is 1.53 bits per heavy atom. The van der Waals surface area contributed by atoms with E-state index in [0.29, 0.717) is 0 Å². The van der Waals surface area contributed by atoms with Gasteiger partial charge < -0.3 is 5.73 Å². The topological polar surface area (TPSA) is 127 Å². The Hall–Kier alpha value is -1.69. The minimum Gasteiger partial charge on any atom is -0.326 e. The van der Waals surface area contributed by atoms with Gasteiger partial charge >= 0.3 is 0 Å². The highest BCUT2D eigenvalue weighted by molar-refractivity contribution is 8.13. The fraction of sp³-hybridized carbons (Fsp3) is 0.125. The Labute approximate surface area is 101 Å². The summed E-state index contributed by atoms with van der Waals surface area (Å²) in [5, 5.41) is 19.5. The van der Waals surface area contributed by atoms with E-state index in [-0.39, 0.29) is 17.7 Å². The first kappa shape index (κ1) is 13.4. The largest absolute Gasteiger partial charge is 0.326 e. The second-order valence-electron chi connectivity index (χ2n) is 2.99. The van der Waals surface area contributed by atoms with Gasteiger partial charge in [0.05, 0.1) is 16.6 Å². The van der Waals surface area contributed by atoms with E-state index in [4.69, 9.17) is 21.7 Å². The highest BCUT2D eigenvalue weighted by Crippen LogP contribution is 2.31. The predicted octanol–water partition coefficient (Wildman–Crippen LogP) is 0.853. The van der Waals surface area contributed by atoms with Crippen LogP contribution in [0.5, 0.6) is 0 Å². The third-order valence-electron chi connectivity index (χ3n) is 1.95. The molecule has 9 heteroatoms. The Balaban J connectivity index is 3.78. The summed E-state index contributed by atoms with van der Waals surface area (Å²) < 4.78 is 22.4. The summed E-state index contributed by atoms with van der Waals surface area (Å²) in [7, 11) is 0.763. The molecule has 0 unspecified atom stereocenters. The van der Waals surface area contributed by atoms with Crippen LogP contribution in [0.15, 0.2) is 17.0 Å². The molecule has 0 atom stereocenters. The molecule has 7 nitrogen and oxygen atoms in total. The fourth-order valence-corrected chi connectivity index (χ4v) is 2.34. The quantitative estimate of drug-likeness (QED) is 0.495. The fourth-order valence-electron chi connectivity index (χ4n) is 1.28. The maximum atomic E-state index is 11.2. The van der Waals surface area contributed by atoms with Crippen molar-refractivity contribution in [3.63, 3.8) is 0 Å². The molecule has 0 bridgehead atoms. The molecular formula is C8H6ClN3O4S. The van der Waals surface area contributed by atoms with Crippen molar-refractivity contribution in [3.8, 4) is 6.07 Å². The number of benzene rings is 1. The maximum Gasteiger partial charge on any atom is 0.293 e. The van der Waals surface area contributed by atoms with E-state index >= 15 is 0 Å². The van der Waals surface area contributed by atoms with Crippen LogP contribution in [0.4, 0.5) is 5.69 Å². The maximum absolute atomic E-state index is 11.2. The molecule has 0 spiro atoms. The molecule has 1 aromatic rings. The van der Waals surface area contributed by atoms with Crippen molar-refractivity contribution in [1.82, 2.24) is 0 Å². The van der Waals surface area contributed by atoms with Crippen LogP contribution in [0.25, 0.3) is 0 Å². The van der Waals surface area contributed by atoms with Gasteiger partial charge in [0.15, 0.2) is 4.90 Å². The number of hydrogen-bond acceptors (Lipinski definition) is 6. The summed E-state index contributed by atoms with van der Waals surface area (Å²) in [6.45, 7) is -0.273. The molecular weight excluding hydrogens is 270 g/mol. The molecule has 90 valence electrons. The van der Waals surface area contributed by atoms with Crippen LogP contribution in [0, 0.1) is 21.4 Å². The molecule has 0 saturated heterocycles. The van der Waals surface area contributed by atoms with Crippen molar-refractivity contribution < 1.29 is 13.3 Å². The summed E-state index contributed by atoms with van der Waals surface area (Å²) in [5.74, 6) is 0. The average molecular weight is 276 g/mol. The van der Waals surface area contributed by atoms with Gasteiger partial charge in [-0.25, -0.2) is 8.42 Å². The smallest absolute Gasteiger partial charge is 0.293 e. The number of rotatable bonds is 3. The van der Waals surface area contributed by atoms with Crippen LogP contribution in [-0.4, -0.2) is 13.3 Å². The van der Waals surface area contributed by atoms with Gasteiger partial charge in [0.25, 0.3) is 14.7 Å². The van der Waals surface area contributed by atoms with Crippen molar-refractivity contribution in [2.45, 2.75) is 11.4 Å². The van der Waals surface area contributed by atoms with E-state index in [1.165, 1.54) is 0 Å². The molecule has 17 heavy (non-hydrogen) atoms. The Kier molecular flexibility index (Phi) is 3.67. The molecule has 0 aliphatic carbocycles. The lowest BCUT2D eigenvalue weighted by Crippen LogP contribution is -2.07. The number of halogens is 1. The highest BCUT2D eigenvalue weighted by atomic mass is 35.7. The lowest BCUT2D eigenvalue weighted by Gasteiger charge is -2.04. The molecule has 2 N–H and O–H groups in total. The number of nitro groups is 1. The van der Waals surface area contributed by atoms with Gasteiger partial charge in [0.1, 0.15) is 0 Å². The summed E-state index contributed by atoms with van der Waals surface area (Å²) in [4.78, 5) is 9.18. The standard InChI is InChI=1S/C8H6ClN3O4S/c9-17(15,16)7-2-5(3-10)1-6(4-11)8(7)12(13)14/h1-2H,4,11H2. The van der Waals surface area contributed by atoms with E-state index in [0.717, 1.165) is 12.1 Å². The minimum absolute atomic E-state index is 0.0599. The zero-order chi connectivity index (χ0) is 13.2. The van der Waals surface area contributed by atoms with Gasteiger partial charge in [0, 0.05) is 22.8 Å². The Morgan fingerprint density at radius 2 is 2.12 bits per heavy atom. The van der Waals surface area contributed by atoms with Gasteiger partial charge in [0.2, 0.25) is 0 Å². The summed E-state index contributed by atoms with van der Waals surface area (Å²) >= 11 is 0. The average Bonchev–Trinajstić information content (AvgIpc) is 2.25. The first-order chi connectivity index (χ1) is 7.81. The van der Waals surface area contributed by atoms with Crippen molar-refractivity contribution in [1.29, 1.82) is 5.26 Å². The van der Waals surface area contributed by atoms with Crippen LogP contribution in [-0.2, 0) is 15.6 Å². The van der Waals surface area contributed by atoms with Crippen LogP contribution < -0.4 is 5.73 Å². The molecule has 0 amide bonds. The summed E-state index contributed by atoms with van der Waals surface area (Å²) in [6, 6.07) is 3.68. The molecule has 0 radical (unpaired) electrons.